The summed E-state index contributed by atoms with van der Waals surface area (Å²) in [6.07, 6.45) is 0. The van der Waals surface area contributed by atoms with Crippen LogP contribution in [0.5, 0.6) is 0 Å². The van der Waals surface area contributed by atoms with Gasteiger partial charge in [0, 0.05) is 11.9 Å². The maximum Gasteiger partial charge on any atom is 0.262 e. The molecule has 4 rings (SSSR count). The van der Waals surface area contributed by atoms with Gasteiger partial charge in [-0.3, -0.25) is 9.36 Å². The average Bonchev–Trinajstić information content (AvgIpc) is 3.11. The molecule has 0 bridgehead atoms. The van der Waals surface area contributed by atoms with E-state index in [4.69, 9.17) is 5.26 Å². The van der Waals surface area contributed by atoms with Gasteiger partial charge in [0.1, 0.15) is 21.6 Å². The summed E-state index contributed by atoms with van der Waals surface area (Å²) >= 11 is 2.77. The first-order valence-corrected chi connectivity index (χ1v) is 9.40. The predicted octanol–water partition coefficient (Wildman–Crippen LogP) is 4.08. The molecule has 0 radical (unpaired) electrons. The molecule has 126 valence electrons. The molecule has 0 N–H and O–H groups in total. The third kappa shape index (κ3) is 3.01. The number of pyridine rings is 1. The van der Waals surface area contributed by atoms with Crippen LogP contribution in [-0.4, -0.2) is 14.5 Å². The van der Waals surface area contributed by atoms with Gasteiger partial charge in [0.15, 0.2) is 5.16 Å². The molecule has 0 saturated carbocycles. The first kappa shape index (κ1) is 16.5. The van der Waals surface area contributed by atoms with Crippen molar-refractivity contribution in [3.63, 3.8) is 0 Å². The monoisotopic (exact) mass is 376 g/mol. The van der Waals surface area contributed by atoms with Gasteiger partial charge in [-0.05, 0) is 35.5 Å². The number of hydrogen-bond donors (Lipinski definition) is 0. The van der Waals surface area contributed by atoms with Crippen LogP contribution < -0.4 is 5.56 Å². The summed E-state index contributed by atoms with van der Waals surface area (Å²) in [7, 11) is 1.70. The van der Waals surface area contributed by atoms with Crippen molar-refractivity contribution >= 4 is 33.3 Å². The number of nitrogens with zero attached hydrogens (tertiary/aromatic N) is 4. The summed E-state index contributed by atoms with van der Waals surface area (Å²) in [5.74, 6) is 0. The van der Waals surface area contributed by atoms with E-state index in [1.54, 1.807) is 25.2 Å². The lowest BCUT2D eigenvalue weighted by Crippen LogP contribution is -2.19. The van der Waals surface area contributed by atoms with E-state index in [1.165, 1.54) is 27.7 Å². The lowest BCUT2D eigenvalue weighted by Gasteiger charge is -2.06. The van der Waals surface area contributed by atoms with Crippen molar-refractivity contribution in [1.29, 1.82) is 5.26 Å². The Morgan fingerprint density at radius 1 is 1.12 bits per heavy atom. The molecular weight excluding hydrogens is 364 g/mol. The molecule has 5 nitrogen and oxygen atoms in total. The highest BCUT2D eigenvalue weighted by atomic mass is 32.2. The second-order valence-corrected chi connectivity index (χ2v) is 7.55. The van der Waals surface area contributed by atoms with Crippen LogP contribution >= 0.6 is 23.1 Å². The molecule has 7 heteroatoms. The fraction of sp³-hybridized carbons (Fsp3) is 0.0526. The molecular formula is C19H12N4OS2. The van der Waals surface area contributed by atoms with Crippen LogP contribution in [0.15, 0.2) is 69.6 Å². The zero-order chi connectivity index (χ0) is 18.1. The number of aromatic nitrogens is 3. The molecule has 26 heavy (non-hydrogen) atoms. The molecule has 0 atom stereocenters. The van der Waals surface area contributed by atoms with E-state index in [2.05, 4.69) is 9.97 Å². The molecule has 1 aromatic carbocycles. The van der Waals surface area contributed by atoms with Gasteiger partial charge in [-0.15, -0.1) is 11.3 Å². The summed E-state index contributed by atoms with van der Waals surface area (Å²) in [6.45, 7) is 0. The zero-order valence-electron chi connectivity index (χ0n) is 13.7. The lowest BCUT2D eigenvalue weighted by atomic mass is 10.2. The quantitative estimate of drug-likeness (QED) is 0.504. The molecule has 0 aliphatic rings. The van der Waals surface area contributed by atoms with Crippen LogP contribution in [0.1, 0.15) is 5.69 Å². The van der Waals surface area contributed by atoms with E-state index in [0.717, 1.165) is 10.4 Å². The van der Waals surface area contributed by atoms with Gasteiger partial charge < -0.3 is 0 Å². The molecule has 3 aromatic heterocycles. The van der Waals surface area contributed by atoms with Gasteiger partial charge >= 0.3 is 0 Å². The van der Waals surface area contributed by atoms with E-state index in [9.17, 15) is 4.79 Å². The smallest absolute Gasteiger partial charge is 0.262 e. The highest BCUT2D eigenvalue weighted by molar-refractivity contribution is 7.99. The van der Waals surface area contributed by atoms with Gasteiger partial charge in [0.25, 0.3) is 5.56 Å². The third-order valence-electron chi connectivity index (χ3n) is 3.82. The SMILES string of the molecule is Cn1c(Sc2cccc(C#N)n2)nc2sc(-c3ccccc3)cc2c1=O. The molecule has 0 unspecified atom stereocenters. The lowest BCUT2D eigenvalue weighted by molar-refractivity contribution is 0.727. The van der Waals surface area contributed by atoms with Crippen molar-refractivity contribution in [1.82, 2.24) is 14.5 Å². The number of nitriles is 1. The van der Waals surface area contributed by atoms with Crippen LogP contribution in [0.3, 0.4) is 0 Å². The van der Waals surface area contributed by atoms with Gasteiger partial charge in [-0.25, -0.2) is 9.97 Å². The fourth-order valence-corrected chi connectivity index (χ4v) is 4.43. The Bertz CT molecular complexity index is 1210. The highest BCUT2D eigenvalue weighted by Crippen LogP contribution is 2.32. The Kier molecular flexibility index (Phi) is 4.29. The van der Waals surface area contributed by atoms with Crippen molar-refractivity contribution in [3.05, 3.63) is 70.6 Å². The maximum atomic E-state index is 12.8. The summed E-state index contributed by atoms with van der Waals surface area (Å²) in [5.41, 5.74) is 1.31. The molecule has 0 aliphatic heterocycles. The number of rotatable bonds is 3. The zero-order valence-corrected chi connectivity index (χ0v) is 15.3. The number of benzene rings is 1. The van der Waals surface area contributed by atoms with Gasteiger partial charge in [0.2, 0.25) is 0 Å². The van der Waals surface area contributed by atoms with Crippen molar-refractivity contribution < 1.29 is 0 Å². The molecule has 0 fully saturated rings. The molecule has 4 aromatic rings. The highest BCUT2D eigenvalue weighted by Gasteiger charge is 2.14. The van der Waals surface area contributed by atoms with E-state index >= 15 is 0 Å². The molecule has 0 saturated heterocycles. The minimum atomic E-state index is -0.0904. The Labute approximate surface area is 157 Å². The van der Waals surface area contributed by atoms with E-state index in [-0.39, 0.29) is 5.56 Å². The van der Waals surface area contributed by atoms with Crippen LogP contribution in [0, 0.1) is 11.3 Å². The Morgan fingerprint density at radius 2 is 1.92 bits per heavy atom. The number of thiophene rings is 1. The van der Waals surface area contributed by atoms with E-state index in [1.807, 2.05) is 42.5 Å². The molecule has 0 spiro atoms. The minimum Gasteiger partial charge on any atom is -0.290 e. The number of hydrogen-bond acceptors (Lipinski definition) is 6. The summed E-state index contributed by atoms with van der Waals surface area (Å²) < 4.78 is 1.52. The summed E-state index contributed by atoms with van der Waals surface area (Å²) in [5, 5.41) is 10.8. The fourth-order valence-electron chi connectivity index (χ4n) is 2.51. The maximum absolute atomic E-state index is 12.8. The van der Waals surface area contributed by atoms with Crippen LogP contribution in [0.4, 0.5) is 0 Å². The standard InChI is InChI=1S/C19H12N4OS2/c1-23-18(24)14-10-15(12-6-3-2-4-7-12)25-17(14)22-19(23)26-16-9-5-8-13(11-20)21-16/h2-10H,1H3. The minimum absolute atomic E-state index is 0.0904. The largest absolute Gasteiger partial charge is 0.290 e. The third-order valence-corrected chi connectivity index (χ3v) is 5.89. The van der Waals surface area contributed by atoms with Crippen molar-refractivity contribution in [2.45, 2.75) is 10.2 Å². The van der Waals surface area contributed by atoms with Crippen LogP contribution in [0.25, 0.3) is 20.7 Å². The Hall–Kier alpha value is -2.95. The predicted molar refractivity (Wildman–Crippen MR) is 103 cm³/mol. The second kappa shape index (κ2) is 6.75. The topological polar surface area (TPSA) is 71.6 Å². The average molecular weight is 376 g/mol. The molecule has 0 amide bonds. The first-order valence-electron chi connectivity index (χ1n) is 7.77. The van der Waals surface area contributed by atoms with Crippen molar-refractivity contribution in [2.24, 2.45) is 7.05 Å². The summed E-state index contributed by atoms with van der Waals surface area (Å²) in [4.78, 5) is 23.4. The molecule has 0 aliphatic carbocycles. The van der Waals surface area contributed by atoms with Gasteiger partial charge in [-0.2, -0.15) is 5.26 Å². The molecule has 3 heterocycles. The van der Waals surface area contributed by atoms with E-state index < -0.39 is 0 Å². The van der Waals surface area contributed by atoms with Crippen molar-refractivity contribution in [2.75, 3.05) is 0 Å². The van der Waals surface area contributed by atoms with Gasteiger partial charge in [-0.1, -0.05) is 36.4 Å². The van der Waals surface area contributed by atoms with Crippen LogP contribution in [-0.2, 0) is 7.05 Å². The van der Waals surface area contributed by atoms with Crippen molar-refractivity contribution in [3.8, 4) is 16.5 Å². The van der Waals surface area contributed by atoms with Gasteiger partial charge in [0.05, 0.1) is 5.39 Å². The Morgan fingerprint density at radius 3 is 2.69 bits per heavy atom. The normalized spacial score (nSPS) is 10.8. The van der Waals surface area contributed by atoms with E-state index in [0.29, 0.717) is 26.1 Å². The first-order chi connectivity index (χ1) is 12.7. The van der Waals surface area contributed by atoms with Crippen LogP contribution in [0.2, 0.25) is 0 Å². The number of fused-ring (bicyclic) bond motifs is 1. The summed E-state index contributed by atoms with van der Waals surface area (Å²) in [6, 6.07) is 19.1. The Balaban J connectivity index is 1.80. The second-order valence-electron chi connectivity index (χ2n) is 5.53.